The van der Waals surface area contributed by atoms with Crippen LogP contribution in [-0.4, -0.2) is 72.8 Å². The van der Waals surface area contributed by atoms with Gasteiger partial charge in [-0.2, -0.15) is 0 Å². The van der Waals surface area contributed by atoms with Crippen molar-refractivity contribution in [1.82, 2.24) is 20.1 Å². The second-order valence-corrected chi connectivity index (χ2v) is 9.93. The van der Waals surface area contributed by atoms with Crippen LogP contribution in [0.15, 0.2) is 48.7 Å². The highest BCUT2D eigenvalue weighted by Gasteiger charge is 2.28. The Balaban J connectivity index is 1.63. The number of nitrogens with one attached hydrogen (secondary N) is 3. The number of aromatic amines is 1. The van der Waals surface area contributed by atoms with Gasteiger partial charge in [0.1, 0.15) is 0 Å². The van der Waals surface area contributed by atoms with Gasteiger partial charge in [0.25, 0.3) is 11.8 Å². The Hall–Kier alpha value is -4.17. The Bertz CT molecular complexity index is 1420. The van der Waals surface area contributed by atoms with Gasteiger partial charge in [0.15, 0.2) is 0 Å². The summed E-state index contributed by atoms with van der Waals surface area (Å²) in [6.45, 7) is 9.34. The zero-order valence-electron chi connectivity index (χ0n) is 23.4. The van der Waals surface area contributed by atoms with E-state index in [4.69, 9.17) is 0 Å². The largest absolute Gasteiger partial charge is 0.361 e. The van der Waals surface area contributed by atoms with Crippen molar-refractivity contribution >= 4 is 35.1 Å². The van der Waals surface area contributed by atoms with E-state index in [1.54, 1.807) is 25.2 Å². The molecule has 0 fully saturated rings. The number of nitrogens with zero attached hydrogens (tertiary/aromatic N) is 2. The average molecular weight is 528 g/mol. The van der Waals surface area contributed by atoms with Crippen LogP contribution in [0.3, 0.4) is 0 Å². The molecule has 1 aliphatic heterocycles. The number of carbonyl (C=O) groups excluding carboxylic acids is 3. The van der Waals surface area contributed by atoms with Crippen molar-refractivity contribution in [1.29, 1.82) is 0 Å². The number of amides is 3. The lowest BCUT2D eigenvalue weighted by Gasteiger charge is -2.17. The molecule has 0 radical (unpaired) electrons. The van der Waals surface area contributed by atoms with Gasteiger partial charge in [-0.1, -0.05) is 50.2 Å². The number of aromatic nitrogens is 1. The first kappa shape index (κ1) is 27.9. The molecule has 0 bridgehead atoms. The molecule has 0 atom stereocenters. The zero-order chi connectivity index (χ0) is 28.1. The van der Waals surface area contributed by atoms with E-state index in [0.29, 0.717) is 29.8 Å². The summed E-state index contributed by atoms with van der Waals surface area (Å²) in [6.07, 6.45) is 3.81. The first-order valence-electron chi connectivity index (χ1n) is 13.4. The maximum absolute atomic E-state index is 13.1. The number of rotatable bonds is 10. The first-order chi connectivity index (χ1) is 18.7. The van der Waals surface area contributed by atoms with Crippen molar-refractivity contribution in [3.8, 4) is 11.1 Å². The molecule has 3 N–H and O–H groups in total. The summed E-state index contributed by atoms with van der Waals surface area (Å²) in [5.41, 5.74) is 6.84. The minimum Gasteiger partial charge on any atom is -0.361 e. The second kappa shape index (κ2) is 12.1. The summed E-state index contributed by atoms with van der Waals surface area (Å²) in [4.78, 5) is 45.2. The number of carbonyl (C=O) groups is 3. The van der Waals surface area contributed by atoms with Crippen LogP contribution in [0.2, 0.25) is 0 Å². The lowest BCUT2D eigenvalue weighted by atomic mass is 9.93. The molecule has 1 aliphatic rings. The van der Waals surface area contributed by atoms with Crippen molar-refractivity contribution in [2.24, 2.45) is 0 Å². The smallest absolute Gasteiger partial charge is 0.256 e. The number of anilines is 1. The molecule has 0 saturated carbocycles. The molecule has 4 rings (SSSR count). The van der Waals surface area contributed by atoms with Crippen molar-refractivity contribution < 1.29 is 14.4 Å². The third kappa shape index (κ3) is 6.12. The molecule has 3 amide bonds. The van der Waals surface area contributed by atoms with E-state index < -0.39 is 0 Å². The van der Waals surface area contributed by atoms with E-state index in [1.807, 2.05) is 55.5 Å². The van der Waals surface area contributed by atoms with Crippen LogP contribution in [0, 0.1) is 6.92 Å². The van der Waals surface area contributed by atoms with Gasteiger partial charge in [-0.05, 0) is 54.4 Å². The van der Waals surface area contributed by atoms with Crippen molar-refractivity contribution in [2.75, 3.05) is 45.6 Å². The molecule has 0 saturated heterocycles. The Kier molecular flexibility index (Phi) is 8.66. The van der Waals surface area contributed by atoms with Crippen molar-refractivity contribution in [2.45, 2.75) is 27.2 Å². The normalized spacial score (nSPS) is 13.5. The standard InChI is InChI=1S/C31H37N5O3/c1-6-36(7-2)15-14-32-30(38)25-19-33-27(20(25)3)18-24-29-23(12-9-13-26(29)34-31(24)39)22-11-8-10-21(16-22)17-28(37)35(4)5/h8-13,16,18-19,33H,6-7,14-15,17H2,1-5H3,(H,32,38)(H,34,39). The minimum atomic E-state index is -0.199. The van der Waals surface area contributed by atoms with E-state index >= 15 is 0 Å². The van der Waals surface area contributed by atoms with Gasteiger partial charge in [-0.3, -0.25) is 14.4 Å². The predicted octanol–water partition coefficient (Wildman–Crippen LogP) is 4.19. The number of hydrogen-bond donors (Lipinski definition) is 3. The third-order valence-corrected chi connectivity index (χ3v) is 7.24. The number of likely N-dealkylation sites (N-methyl/N-ethyl adjacent to an activating group) is 2. The number of hydrogen-bond acceptors (Lipinski definition) is 4. The van der Waals surface area contributed by atoms with E-state index in [1.165, 1.54) is 0 Å². The SMILES string of the molecule is CCN(CC)CCNC(=O)c1c[nH]c(C=C2C(=O)Nc3cccc(-c4cccc(CC(=O)N(C)C)c4)c32)c1C. The molecule has 2 heterocycles. The van der Waals surface area contributed by atoms with Gasteiger partial charge in [0, 0.05) is 50.3 Å². The number of H-pyrrole nitrogens is 1. The van der Waals surface area contributed by atoms with Gasteiger partial charge in [0.2, 0.25) is 5.91 Å². The van der Waals surface area contributed by atoms with Crippen molar-refractivity contribution in [3.05, 3.63) is 76.6 Å². The minimum absolute atomic E-state index is 0.0259. The van der Waals surface area contributed by atoms with Gasteiger partial charge < -0.3 is 25.4 Å². The van der Waals surface area contributed by atoms with E-state index in [2.05, 4.69) is 34.4 Å². The quantitative estimate of drug-likeness (QED) is 0.345. The molecule has 0 aliphatic carbocycles. The average Bonchev–Trinajstić information content (AvgIpc) is 3.45. The molecule has 0 spiro atoms. The zero-order valence-corrected chi connectivity index (χ0v) is 23.4. The lowest BCUT2D eigenvalue weighted by Crippen LogP contribution is -2.34. The molecule has 1 aromatic heterocycles. The highest BCUT2D eigenvalue weighted by Crippen LogP contribution is 2.40. The monoisotopic (exact) mass is 527 g/mol. The summed E-state index contributed by atoms with van der Waals surface area (Å²) >= 11 is 0. The van der Waals surface area contributed by atoms with Crippen LogP contribution < -0.4 is 10.6 Å². The summed E-state index contributed by atoms with van der Waals surface area (Å²) in [7, 11) is 3.49. The van der Waals surface area contributed by atoms with Gasteiger partial charge in [0.05, 0.1) is 17.6 Å². The Morgan fingerprint density at radius 2 is 1.79 bits per heavy atom. The topological polar surface area (TPSA) is 97.5 Å². The Morgan fingerprint density at radius 3 is 2.51 bits per heavy atom. The molecule has 2 aromatic carbocycles. The molecule has 39 heavy (non-hydrogen) atoms. The molecule has 204 valence electrons. The van der Waals surface area contributed by atoms with Crippen LogP contribution >= 0.6 is 0 Å². The Labute approximate surface area is 230 Å². The van der Waals surface area contributed by atoms with E-state index in [-0.39, 0.29) is 17.7 Å². The summed E-state index contributed by atoms with van der Waals surface area (Å²) in [5.74, 6) is -0.310. The summed E-state index contributed by atoms with van der Waals surface area (Å²) < 4.78 is 0. The van der Waals surface area contributed by atoms with Crippen LogP contribution in [-0.2, 0) is 16.0 Å². The van der Waals surface area contributed by atoms with Crippen LogP contribution in [0.25, 0.3) is 22.8 Å². The fourth-order valence-corrected chi connectivity index (χ4v) is 4.81. The highest BCUT2D eigenvalue weighted by molar-refractivity contribution is 6.36. The molecule has 8 heteroatoms. The number of benzene rings is 2. The van der Waals surface area contributed by atoms with E-state index in [0.717, 1.165) is 53.1 Å². The van der Waals surface area contributed by atoms with Crippen LogP contribution in [0.1, 0.15) is 46.6 Å². The fraction of sp³-hybridized carbons (Fsp3) is 0.323. The molecule has 3 aromatic rings. The van der Waals surface area contributed by atoms with Gasteiger partial charge in [-0.15, -0.1) is 0 Å². The molecule has 0 unspecified atom stereocenters. The molecule has 8 nitrogen and oxygen atoms in total. The van der Waals surface area contributed by atoms with E-state index in [9.17, 15) is 14.4 Å². The lowest BCUT2D eigenvalue weighted by molar-refractivity contribution is -0.128. The Morgan fingerprint density at radius 1 is 1.05 bits per heavy atom. The predicted molar refractivity (Wildman–Crippen MR) is 156 cm³/mol. The van der Waals surface area contributed by atoms with Gasteiger partial charge in [-0.25, -0.2) is 0 Å². The summed E-state index contributed by atoms with van der Waals surface area (Å²) in [6, 6.07) is 13.6. The fourth-order valence-electron chi connectivity index (χ4n) is 4.81. The second-order valence-electron chi connectivity index (χ2n) is 9.93. The summed E-state index contributed by atoms with van der Waals surface area (Å²) in [5, 5.41) is 5.97. The number of fused-ring (bicyclic) bond motifs is 1. The maximum Gasteiger partial charge on any atom is 0.256 e. The molecular formula is C31H37N5O3. The maximum atomic E-state index is 13.1. The van der Waals surface area contributed by atoms with Crippen LogP contribution in [0.5, 0.6) is 0 Å². The van der Waals surface area contributed by atoms with Gasteiger partial charge >= 0.3 is 0 Å². The first-order valence-corrected chi connectivity index (χ1v) is 13.4. The molecular weight excluding hydrogens is 490 g/mol. The third-order valence-electron chi connectivity index (χ3n) is 7.24. The van der Waals surface area contributed by atoms with Crippen LogP contribution in [0.4, 0.5) is 5.69 Å². The van der Waals surface area contributed by atoms with Crippen molar-refractivity contribution in [3.63, 3.8) is 0 Å². The highest BCUT2D eigenvalue weighted by atomic mass is 16.2.